The van der Waals surface area contributed by atoms with Crippen LogP contribution in [0, 0.1) is 11.8 Å². The molecule has 3 aliphatic rings. The van der Waals surface area contributed by atoms with E-state index in [2.05, 4.69) is 5.32 Å². The van der Waals surface area contributed by atoms with E-state index in [0.717, 1.165) is 10.8 Å². The topological polar surface area (TPSA) is 105 Å². The van der Waals surface area contributed by atoms with Crippen molar-refractivity contribution in [1.82, 2.24) is 4.90 Å². The minimum absolute atomic E-state index is 0.00851. The molecule has 2 aromatic rings. The Morgan fingerprint density at radius 2 is 2.00 bits per heavy atom. The number of ether oxygens (including phenoxy) is 2. The highest BCUT2D eigenvalue weighted by Gasteiger charge is 2.74. The number of hydrogen-bond acceptors (Lipinski definition) is 6. The quantitative estimate of drug-likeness (QED) is 0.458. The summed E-state index contributed by atoms with van der Waals surface area (Å²) >= 11 is 0. The SMILES string of the molecule is CCOC(=O)[C@@H]1[C@H]2C(=O)N(CCCCO)C(C(=O)Nc3ccc4ccccc4c3)C23CC[C@H]1O3. The number of esters is 1. The smallest absolute Gasteiger partial charge is 0.312 e. The zero-order valence-electron chi connectivity index (χ0n) is 19.2. The second-order valence-corrected chi connectivity index (χ2v) is 9.32. The average Bonchev–Trinajstić information content (AvgIpc) is 3.47. The van der Waals surface area contributed by atoms with Gasteiger partial charge in [-0.15, -0.1) is 0 Å². The van der Waals surface area contributed by atoms with Crippen molar-refractivity contribution in [2.24, 2.45) is 11.8 Å². The van der Waals surface area contributed by atoms with Crippen molar-refractivity contribution in [1.29, 1.82) is 0 Å². The molecule has 0 aliphatic carbocycles. The summed E-state index contributed by atoms with van der Waals surface area (Å²) in [5.41, 5.74) is -0.403. The predicted molar refractivity (Wildman–Crippen MR) is 125 cm³/mol. The lowest BCUT2D eigenvalue weighted by Crippen LogP contribution is -2.53. The minimum atomic E-state index is -1.04. The lowest BCUT2D eigenvalue weighted by molar-refractivity contribution is -0.154. The van der Waals surface area contributed by atoms with E-state index in [1.165, 1.54) is 0 Å². The van der Waals surface area contributed by atoms with Crippen LogP contribution in [0.15, 0.2) is 42.5 Å². The van der Waals surface area contributed by atoms with Crippen LogP contribution in [0.5, 0.6) is 0 Å². The van der Waals surface area contributed by atoms with Crippen molar-refractivity contribution < 1.29 is 29.0 Å². The Kier molecular flexibility index (Phi) is 6.04. The van der Waals surface area contributed by atoms with Crippen LogP contribution in [-0.2, 0) is 23.9 Å². The van der Waals surface area contributed by atoms with E-state index in [0.29, 0.717) is 37.9 Å². The number of anilines is 1. The molecule has 3 aliphatic heterocycles. The third-order valence-electron chi connectivity index (χ3n) is 7.43. The van der Waals surface area contributed by atoms with Crippen LogP contribution in [-0.4, -0.2) is 65.3 Å². The minimum Gasteiger partial charge on any atom is -0.466 e. The van der Waals surface area contributed by atoms with Gasteiger partial charge in [-0.25, -0.2) is 0 Å². The first kappa shape index (κ1) is 22.8. The van der Waals surface area contributed by atoms with Gasteiger partial charge >= 0.3 is 5.97 Å². The third-order valence-corrected chi connectivity index (χ3v) is 7.43. The fourth-order valence-electron chi connectivity index (χ4n) is 6.07. The van der Waals surface area contributed by atoms with E-state index in [1.807, 2.05) is 42.5 Å². The van der Waals surface area contributed by atoms with Gasteiger partial charge in [-0.05, 0) is 55.5 Å². The fourth-order valence-corrected chi connectivity index (χ4v) is 6.07. The number of likely N-dealkylation sites (tertiary alicyclic amines) is 1. The van der Waals surface area contributed by atoms with Gasteiger partial charge in [0.25, 0.3) is 0 Å². The van der Waals surface area contributed by atoms with E-state index in [4.69, 9.17) is 9.47 Å². The van der Waals surface area contributed by atoms with Crippen LogP contribution in [0.2, 0.25) is 0 Å². The van der Waals surface area contributed by atoms with E-state index in [-0.39, 0.29) is 25.0 Å². The largest absolute Gasteiger partial charge is 0.466 e. The van der Waals surface area contributed by atoms with Gasteiger partial charge in [-0.2, -0.15) is 0 Å². The normalized spacial score (nSPS) is 29.5. The molecule has 3 saturated heterocycles. The van der Waals surface area contributed by atoms with Crippen LogP contribution < -0.4 is 5.32 Å². The van der Waals surface area contributed by atoms with Crippen molar-refractivity contribution >= 4 is 34.2 Å². The lowest BCUT2D eigenvalue weighted by atomic mass is 9.71. The summed E-state index contributed by atoms with van der Waals surface area (Å²) in [6.45, 7) is 2.28. The van der Waals surface area contributed by atoms with E-state index < -0.39 is 35.6 Å². The van der Waals surface area contributed by atoms with Gasteiger partial charge in [-0.3, -0.25) is 14.4 Å². The number of carbonyl (C=O) groups excluding carboxylic acids is 3. The summed E-state index contributed by atoms with van der Waals surface area (Å²) in [5, 5.41) is 14.3. The number of nitrogens with one attached hydrogen (secondary N) is 1. The van der Waals surface area contributed by atoms with Gasteiger partial charge in [0.05, 0.1) is 24.5 Å². The Morgan fingerprint density at radius 3 is 2.76 bits per heavy atom. The molecule has 0 saturated carbocycles. The molecule has 2 N–H and O–H groups in total. The number of rotatable bonds is 8. The van der Waals surface area contributed by atoms with Crippen LogP contribution in [0.25, 0.3) is 10.8 Å². The molecule has 0 aromatic heterocycles. The zero-order chi connectivity index (χ0) is 23.9. The highest BCUT2D eigenvalue weighted by atomic mass is 16.6. The Morgan fingerprint density at radius 1 is 1.21 bits per heavy atom. The Hall–Kier alpha value is -2.97. The maximum atomic E-state index is 13.7. The number of benzene rings is 2. The molecular formula is C26H30N2O6. The lowest BCUT2D eigenvalue weighted by Gasteiger charge is -2.33. The molecule has 8 nitrogen and oxygen atoms in total. The van der Waals surface area contributed by atoms with Crippen LogP contribution in [0.1, 0.15) is 32.6 Å². The standard InChI is InChI=1S/C26H30N2O6/c1-2-33-25(32)20-19-11-12-26(34-19)21(20)24(31)28(13-5-6-14-29)22(26)23(30)27-18-10-9-16-7-3-4-8-17(16)15-18/h3-4,7-10,15,19-22,29H,2,5-6,11-14H2,1H3,(H,27,30)/t19-,20+,21+,22?,26?/m1/s1. The summed E-state index contributed by atoms with van der Waals surface area (Å²) in [6, 6.07) is 12.7. The molecule has 0 radical (unpaired) electrons. The predicted octanol–water partition coefficient (Wildman–Crippen LogP) is 2.49. The number of nitrogens with zero attached hydrogens (tertiary/aromatic N) is 1. The van der Waals surface area contributed by atoms with E-state index >= 15 is 0 Å². The van der Waals surface area contributed by atoms with Crippen LogP contribution in [0.3, 0.4) is 0 Å². The first-order valence-electron chi connectivity index (χ1n) is 12.1. The summed E-state index contributed by atoms with van der Waals surface area (Å²) in [6.07, 6.45) is 1.81. The number of aliphatic hydroxyl groups excluding tert-OH is 1. The molecule has 180 valence electrons. The fraction of sp³-hybridized carbons (Fsp3) is 0.500. The zero-order valence-corrected chi connectivity index (χ0v) is 19.2. The summed E-state index contributed by atoms with van der Waals surface area (Å²) < 4.78 is 11.6. The Bertz CT molecular complexity index is 1120. The van der Waals surface area contributed by atoms with Gasteiger partial charge < -0.3 is 24.8 Å². The molecule has 1 spiro atoms. The second kappa shape index (κ2) is 9.00. The van der Waals surface area contributed by atoms with Crippen LogP contribution in [0.4, 0.5) is 5.69 Å². The average molecular weight is 467 g/mol. The number of unbranched alkanes of at least 4 members (excludes halogenated alkanes) is 1. The first-order valence-corrected chi connectivity index (χ1v) is 12.1. The molecule has 5 rings (SSSR count). The highest BCUT2D eigenvalue weighted by Crippen LogP contribution is 2.58. The molecule has 2 unspecified atom stereocenters. The monoisotopic (exact) mass is 466 g/mol. The third kappa shape index (κ3) is 3.56. The van der Waals surface area contributed by atoms with Gasteiger partial charge in [-0.1, -0.05) is 30.3 Å². The maximum Gasteiger partial charge on any atom is 0.312 e. The van der Waals surface area contributed by atoms with E-state index in [9.17, 15) is 19.5 Å². The first-order chi connectivity index (χ1) is 16.5. The molecule has 2 amide bonds. The molecule has 2 bridgehead atoms. The molecular weight excluding hydrogens is 436 g/mol. The number of hydrogen-bond donors (Lipinski definition) is 2. The molecule has 5 atom stereocenters. The summed E-state index contributed by atoms with van der Waals surface area (Å²) in [4.78, 5) is 41.7. The van der Waals surface area contributed by atoms with Gasteiger partial charge in [0, 0.05) is 18.8 Å². The number of carbonyl (C=O) groups is 3. The van der Waals surface area contributed by atoms with Crippen LogP contribution >= 0.6 is 0 Å². The second-order valence-electron chi connectivity index (χ2n) is 9.32. The number of fused-ring (bicyclic) bond motifs is 2. The van der Waals surface area contributed by atoms with Gasteiger partial charge in [0.1, 0.15) is 11.6 Å². The van der Waals surface area contributed by atoms with Gasteiger partial charge in [0.2, 0.25) is 11.8 Å². The van der Waals surface area contributed by atoms with E-state index in [1.54, 1.807) is 11.8 Å². The highest BCUT2D eigenvalue weighted by molar-refractivity contribution is 6.04. The number of aliphatic hydroxyl groups is 1. The van der Waals surface area contributed by atoms with Crippen molar-refractivity contribution in [2.45, 2.75) is 50.4 Å². The summed E-state index contributed by atoms with van der Waals surface area (Å²) in [7, 11) is 0. The Balaban J connectivity index is 1.47. The molecule has 3 fully saturated rings. The molecule has 34 heavy (non-hydrogen) atoms. The molecule has 8 heteroatoms. The summed E-state index contributed by atoms with van der Waals surface area (Å²) in [5.74, 6) is -2.41. The molecule has 2 aromatic carbocycles. The van der Waals surface area contributed by atoms with Crippen molar-refractivity contribution in [3.8, 4) is 0 Å². The van der Waals surface area contributed by atoms with Gasteiger partial charge in [0.15, 0.2) is 0 Å². The van der Waals surface area contributed by atoms with Crippen molar-refractivity contribution in [3.05, 3.63) is 42.5 Å². The Labute approximate surface area is 198 Å². The number of amides is 2. The molecule has 3 heterocycles. The van der Waals surface area contributed by atoms with Crippen molar-refractivity contribution in [2.75, 3.05) is 25.1 Å². The van der Waals surface area contributed by atoms with Crippen molar-refractivity contribution in [3.63, 3.8) is 0 Å². The maximum absolute atomic E-state index is 13.7.